The van der Waals surface area contributed by atoms with Crippen LogP contribution in [0.4, 0.5) is 14.5 Å². The topological polar surface area (TPSA) is 138 Å². The predicted molar refractivity (Wildman–Crippen MR) is 156 cm³/mol. The third kappa shape index (κ3) is 5.29. The molecule has 0 aliphatic carbocycles. The molecule has 40 heavy (non-hydrogen) atoms. The highest BCUT2D eigenvalue weighted by molar-refractivity contribution is 8.14. The molecule has 6 atom stereocenters. The number of ether oxygens (including phenoxy) is 2. The summed E-state index contributed by atoms with van der Waals surface area (Å²) in [6, 6.07) is 10.3. The molecule has 0 radical (unpaired) electrons. The first-order chi connectivity index (χ1) is 18.6. The maximum Gasteiger partial charge on any atom is 0.270 e. The molecule has 4 N–H and O–H groups in total. The Labute approximate surface area is 245 Å². The SMILES string of the molecule is C[C@H]1OC[C@]2(c3cc([N+](=O)[O-])ccc3F)N=C(N)SC[C@H]12.C[C@H]1OC[C@]2(c3ccccc3F)N=C(N)SC[C@H]12.Cl. The van der Waals surface area contributed by atoms with Gasteiger partial charge in [-0.15, -0.1) is 12.4 Å². The average Bonchev–Trinajstić information content (AvgIpc) is 3.41. The van der Waals surface area contributed by atoms with Crippen molar-refractivity contribution in [3.05, 3.63) is 75.3 Å². The van der Waals surface area contributed by atoms with E-state index in [1.165, 1.54) is 35.7 Å². The van der Waals surface area contributed by atoms with E-state index in [1.54, 1.807) is 12.1 Å². The Hall–Kier alpha value is -2.45. The Balaban J connectivity index is 0.000000182. The van der Waals surface area contributed by atoms with Crippen molar-refractivity contribution in [2.24, 2.45) is 33.3 Å². The Kier molecular flexibility index (Phi) is 9.00. The first-order valence-corrected chi connectivity index (χ1v) is 14.4. The van der Waals surface area contributed by atoms with Crippen LogP contribution in [0.5, 0.6) is 0 Å². The van der Waals surface area contributed by atoms with Gasteiger partial charge in [-0.25, -0.2) is 18.8 Å². The minimum absolute atomic E-state index is 0. The molecule has 6 rings (SSSR count). The number of nitro benzene ring substituents is 1. The van der Waals surface area contributed by atoms with E-state index in [2.05, 4.69) is 9.98 Å². The van der Waals surface area contributed by atoms with Crippen molar-refractivity contribution < 1.29 is 23.2 Å². The summed E-state index contributed by atoms with van der Waals surface area (Å²) in [6.07, 6.45) is -0.0260. The number of benzene rings is 2. The highest BCUT2D eigenvalue weighted by atomic mass is 35.5. The number of aliphatic imine (C=N–C) groups is 2. The lowest BCUT2D eigenvalue weighted by Gasteiger charge is -2.35. The molecule has 0 aromatic heterocycles. The zero-order valence-corrected chi connectivity index (χ0v) is 24.2. The molecule has 0 amide bonds. The lowest BCUT2D eigenvalue weighted by atomic mass is 9.79. The quantitative estimate of drug-likeness (QED) is 0.379. The van der Waals surface area contributed by atoms with Gasteiger partial charge in [-0.2, -0.15) is 0 Å². The minimum Gasteiger partial charge on any atom is -0.379 e. The molecule has 4 heterocycles. The van der Waals surface area contributed by atoms with Crippen molar-refractivity contribution in [3.63, 3.8) is 0 Å². The van der Waals surface area contributed by atoms with Gasteiger partial charge in [0.05, 0.1) is 30.3 Å². The second-order valence-electron chi connectivity index (χ2n) is 10.0. The van der Waals surface area contributed by atoms with Gasteiger partial charge in [0.15, 0.2) is 10.3 Å². The molecule has 2 aromatic carbocycles. The third-order valence-electron chi connectivity index (χ3n) is 7.90. The largest absolute Gasteiger partial charge is 0.379 e. The van der Waals surface area contributed by atoms with Crippen molar-refractivity contribution in [2.75, 3.05) is 24.7 Å². The summed E-state index contributed by atoms with van der Waals surface area (Å²) in [5, 5.41) is 11.8. The van der Waals surface area contributed by atoms with Crippen LogP contribution in [-0.4, -0.2) is 52.2 Å². The molecular formula is C26H30ClF2N5O4S2. The number of nitrogens with zero attached hydrogens (tertiary/aromatic N) is 3. The van der Waals surface area contributed by atoms with Crippen LogP contribution in [0.1, 0.15) is 25.0 Å². The number of hydrogen-bond donors (Lipinski definition) is 2. The molecule has 14 heteroatoms. The van der Waals surface area contributed by atoms with Crippen LogP contribution in [0.2, 0.25) is 0 Å². The second-order valence-corrected chi connectivity index (χ2v) is 12.1. The van der Waals surface area contributed by atoms with Crippen LogP contribution in [0, 0.1) is 33.6 Å². The number of non-ortho nitro benzene ring substituents is 1. The summed E-state index contributed by atoms with van der Waals surface area (Å²) in [4.78, 5) is 19.4. The highest BCUT2D eigenvalue weighted by Crippen LogP contribution is 2.49. The number of fused-ring (bicyclic) bond motifs is 2. The maximum atomic E-state index is 14.3. The van der Waals surface area contributed by atoms with Gasteiger partial charge in [0.25, 0.3) is 5.69 Å². The summed E-state index contributed by atoms with van der Waals surface area (Å²) in [7, 11) is 0. The van der Waals surface area contributed by atoms with Gasteiger partial charge in [-0.05, 0) is 26.0 Å². The van der Waals surface area contributed by atoms with Gasteiger partial charge in [0, 0.05) is 46.6 Å². The van der Waals surface area contributed by atoms with Gasteiger partial charge in [-0.3, -0.25) is 10.1 Å². The van der Waals surface area contributed by atoms with Crippen LogP contribution in [-0.2, 0) is 20.6 Å². The molecule has 2 aromatic rings. The predicted octanol–water partition coefficient (Wildman–Crippen LogP) is 4.56. The van der Waals surface area contributed by atoms with E-state index in [4.69, 9.17) is 20.9 Å². The fourth-order valence-corrected chi connectivity index (χ4v) is 8.02. The van der Waals surface area contributed by atoms with Crippen LogP contribution in [0.25, 0.3) is 0 Å². The Morgan fingerprint density at radius 3 is 1.93 bits per heavy atom. The maximum absolute atomic E-state index is 14.3. The number of hydrogen-bond acceptors (Lipinski definition) is 10. The normalized spacial score (nSPS) is 32.4. The second kappa shape index (κ2) is 11.8. The van der Waals surface area contributed by atoms with Gasteiger partial charge in [-0.1, -0.05) is 41.7 Å². The number of nitro groups is 1. The van der Waals surface area contributed by atoms with Crippen molar-refractivity contribution in [2.45, 2.75) is 37.1 Å². The lowest BCUT2D eigenvalue weighted by molar-refractivity contribution is -0.385. The molecule has 2 fully saturated rings. The minimum atomic E-state index is -0.967. The van der Waals surface area contributed by atoms with E-state index >= 15 is 0 Å². The fraction of sp³-hybridized carbons (Fsp3) is 0.462. The zero-order chi connectivity index (χ0) is 27.9. The highest BCUT2D eigenvalue weighted by Gasteiger charge is 2.54. The van der Waals surface area contributed by atoms with E-state index < -0.39 is 21.8 Å². The molecule has 0 unspecified atom stereocenters. The van der Waals surface area contributed by atoms with Crippen molar-refractivity contribution in [1.29, 1.82) is 0 Å². The Morgan fingerprint density at radius 1 is 0.900 bits per heavy atom. The Morgan fingerprint density at radius 2 is 1.40 bits per heavy atom. The molecule has 9 nitrogen and oxygen atoms in total. The van der Waals surface area contributed by atoms with E-state index in [0.29, 0.717) is 28.3 Å². The molecule has 4 aliphatic rings. The average molecular weight is 614 g/mol. The van der Waals surface area contributed by atoms with Crippen LogP contribution in [0.3, 0.4) is 0 Å². The molecule has 2 saturated heterocycles. The first kappa shape index (κ1) is 30.5. The van der Waals surface area contributed by atoms with Gasteiger partial charge in [0.2, 0.25) is 0 Å². The fourth-order valence-electron chi connectivity index (χ4n) is 5.77. The van der Waals surface area contributed by atoms with Gasteiger partial charge in [0.1, 0.15) is 22.7 Å². The number of halogens is 3. The molecule has 4 aliphatic heterocycles. The summed E-state index contributed by atoms with van der Waals surface area (Å²) < 4.78 is 39.8. The summed E-state index contributed by atoms with van der Waals surface area (Å²) in [5.41, 5.74) is 10.7. The standard InChI is InChI=1S/C13H14FN3O3S.C13H15FN2OS.ClH/c1-7-10-5-21-12(15)16-13(10,6-20-7)9-4-8(17(18)19)2-3-11(9)14;1-8-10-6-18-12(15)16-13(10,7-17-8)9-4-2-3-5-11(9)14;/h2-4,7,10H,5-6H2,1H3,(H2,15,16);2-5,8,10H,6-7H2,1H3,(H2,15,16);1H/t7-,10-,13-;8-,10-,13-;/m11./s1. The lowest BCUT2D eigenvalue weighted by Crippen LogP contribution is -2.41. The molecule has 0 spiro atoms. The van der Waals surface area contributed by atoms with Crippen LogP contribution >= 0.6 is 35.9 Å². The van der Waals surface area contributed by atoms with Crippen molar-refractivity contribution >= 4 is 52.0 Å². The van der Waals surface area contributed by atoms with E-state index in [1.807, 2.05) is 19.9 Å². The smallest absolute Gasteiger partial charge is 0.270 e. The number of amidine groups is 2. The molecular weight excluding hydrogens is 584 g/mol. The Bertz CT molecular complexity index is 1350. The first-order valence-electron chi connectivity index (χ1n) is 12.5. The monoisotopic (exact) mass is 613 g/mol. The molecule has 0 bridgehead atoms. The third-order valence-corrected chi connectivity index (χ3v) is 9.73. The van der Waals surface area contributed by atoms with E-state index in [9.17, 15) is 18.9 Å². The summed E-state index contributed by atoms with van der Waals surface area (Å²) in [5.74, 6) is 0.831. The van der Waals surface area contributed by atoms with Crippen LogP contribution in [0.15, 0.2) is 52.4 Å². The van der Waals surface area contributed by atoms with Gasteiger partial charge < -0.3 is 20.9 Å². The number of rotatable bonds is 3. The van der Waals surface area contributed by atoms with Crippen molar-refractivity contribution in [3.8, 4) is 0 Å². The summed E-state index contributed by atoms with van der Waals surface area (Å²) >= 11 is 2.92. The van der Waals surface area contributed by atoms with Crippen LogP contribution < -0.4 is 11.5 Å². The number of thioether (sulfide) groups is 2. The number of nitrogens with two attached hydrogens (primary N) is 2. The zero-order valence-electron chi connectivity index (χ0n) is 21.8. The molecule has 0 saturated carbocycles. The summed E-state index contributed by atoms with van der Waals surface area (Å²) in [6.45, 7) is 4.50. The van der Waals surface area contributed by atoms with E-state index in [-0.39, 0.29) is 60.1 Å². The van der Waals surface area contributed by atoms with Crippen molar-refractivity contribution in [1.82, 2.24) is 0 Å². The molecule has 216 valence electrons. The van der Waals surface area contributed by atoms with E-state index in [0.717, 1.165) is 17.9 Å². The van der Waals surface area contributed by atoms with Gasteiger partial charge >= 0.3 is 0 Å².